The second kappa shape index (κ2) is 9.88. The molecule has 0 aliphatic rings. The first-order valence-corrected chi connectivity index (χ1v) is 9.71. The van der Waals surface area contributed by atoms with Gasteiger partial charge in [-0.2, -0.15) is 0 Å². The van der Waals surface area contributed by atoms with Crippen molar-refractivity contribution in [1.82, 2.24) is 10.2 Å². The quantitative estimate of drug-likeness (QED) is 0.510. The molecule has 3 aromatic rings. The zero-order valence-electron chi connectivity index (χ0n) is 18.0. The Kier molecular flexibility index (Phi) is 7.02. The number of benzene rings is 2. The minimum Gasteiger partial charge on any atom is -0.497 e. The van der Waals surface area contributed by atoms with E-state index >= 15 is 0 Å². The Morgan fingerprint density at radius 2 is 1.61 bits per heavy atom. The van der Waals surface area contributed by atoms with E-state index in [1.807, 2.05) is 30.3 Å². The van der Waals surface area contributed by atoms with Crippen LogP contribution in [0.2, 0.25) is 0 Å². The fourth-order valence-corrected chi connectivity index (χ4v) is 3.57. The highest BCUT2D eigenvalue weighted by molar-refractivity contribution is 5.71. The molecule has 1 atom stereocenters. The van der Waals surface area contributed by atoms with Crippen molar-refractivity contribution in [1.29, 1.82) is 0 Å². The Balaban J connectivity index is 2.04. The number of carbonyl (C=O) groups excluding carboxylic acids is 1. The van der Waals surface area contributed by atoms with Crippen LogP contribution in [0, 0.1) is 0 Å². The zero-order chi connectivity index (χ0) is 22.4. The number of hydrogen-bond donors (Lipinski definition) is 2. The third-order valence-electron chi connectivity index (χ3n) is 5.19. The summed E-state index contributed by atoms with van der Waals surface area (Å²) in [7, 11) is 6.02. The maximum atomic E-state index is 12.8. The van der Waals surface area contributed by atoms with Gasteiger partial charge in [0.1, 0.15) is 5.75 Å². The number of aromatic amines is 2. The number of aromatic nitrogens is 2. The summed E-state index contributed by atoms with van der Waals surface area (Å²) in [4.78, 5) is 25.0. The van der Waals surface area contributed by atoms with Crippen LogP contribution in [-0.4, -0.2) is 44.6 Å². The van der Waals surface area contributed by atoms with Crippen LogP contribution in [0.15, 0.2) is 47.3 Å². The van der Waals surface area contributed by atoms with E-state index in [0.717, 1.165) is 16.9 Å². The molecule has 2 N–H and O–H groups in total. The summed E-state index contributed by atoms with van der Waals surface area (Å²) in [5, 5.41) is 5.63. The van der Waals surface area contributed by atoms with Crippen LogP contribution in [0.5, 0.6) is 17.2 Å². The predicted octanol–water partition coefficient (Wildman–Crippen LogP) is 3.01. The summed E-state index contributed by atoms with van der Waals surface area (Å²) >= 11 is 0. The first-order chi connectivity index (χ1) is 15.0. The average Bonchev–Trinajstić information content (AvgIpc) is 3.16. The first kappa shape index (κ1) is 22.0. The lowest BCUT2D eigenvalue weighted by molar-refractivity contribution is -0.140. The van der Waals surface area contributed by atoms with Gasteiger partial charge in [-0.25, -0.2) is 0 Å². The van der Waals surface area contributed by atoms with Gasteiger partial charge in [-0.05, 0) is 35.4 Å². The minimum atomic E-state index is -0.532. The van der Waals surface area contributed by atoms with Gasteiger partial charge < -0.3 is 24.0 Å². The highest BCUT2D eigenvalue weighted by Crippen LogP contribution is 2.35. The second-order valence-corrected chi connectivity index (χ2v) is 6.94. The molecule has 0 aliphatic heterocycles. The second-order valence-electron chi connectivity index (χ2n) is 6.94. The summed E-state index contributed by atoms with van der Waals surface area (Å²) in [5.41, 5.74) is 2.62. The third kappa shape index (κ3) is 4.91. The van der Waals surface area contributed by atoms with Crippen molar-refractivity contribution in [3.8, 4) is 17.2 Å². The van der Waals surface area contributed by atoms with E-state index in [0.29, 0.717) is 29.2 Å². The van der Waals surface area contributed by atoms with Crippen LogP contribution in [0.1, 0.15) is 34.7 Å². The Labute approximate surface area is 180 Å². The highest BCUT2D eigenvalue weighted by atomic mass is 16.5. The van der Waals surface area contributed by atoms with E-state index in [-0.39, 0.29) is 12.0 Å². The predicted molar refractivity (Wildman–Crippen MR) is 115 cm³/mol. The molecule has 1 heterocycles. The van der Waals surface area contributed by atoms with Gasteiger partial charge in [0.05, 0.1) is 34.9 Å². The minimum absolute atomic E-state index is 0.00251. The molecule has 2 aromatic carbocycles. The number of rotatable bonds is 9. The van der Waals surface area contributed by atoms with Crippen molar-refractivity contribution in [2.45, 2.75) is 18.8 Å². The van der Waals surface area contributed by atoms with E-state index in [2.05, 4.69) is 10.2 Å². The van der Waals surface area contributed by atoms with Gasteiger partial charge in [-0.15, -0.1) is 0 Å². The van der Waals surface area contributed by atoms with Gasteiger partial charge in [0.2, 0.25) is 0 Å². The summed E-state index contributed by atoms with van der Waals surface area (Å²) in [6.45, 7) is 0. The molecule has 0 fully saturated rings. The molecule has 1 aromatic heterocycles. The summed E-state index contributed by atoms with van der Waals surface area (Å²) < 4.78 is 20.8. The number of nitrogens with one attached hydrogen (secondary N) is 2. The molecule has 0 bridgehead atoms. The molecule has 3 rings (SSSR count). The Morgan fingerprint density at radius 1 is 0.903 bits per heavy atom. The van der Waals surface area contributed by atoms with Crippen molar-refractivity contribution in [3.05, 3.63) is 75.2 Å². The van der Waals surface area contributed by atoms with Crippen molar-refractivity contribution in [2.24, 2.45) is 0 Å². The SMILES string of the molecule is COC(=O)C[C@H](c1ccc(OC)c(OC)c1)c1c(Cc2ccc(OC)cc2)[nH][nH]c1=O. The summed E-state index contributed by atoms with van der Waals surface area (Å²) in [6.07, 6.45) is 0.478. The fraction of sp³-hybridized carbons (Fsp3) is 0.304. The number of carbonyl (C=O) groups is 1. The molecule has 0 spiro atoms. The summed E-state index contributed by atoms with van der Waals surface area (Å²) in [5.74, 6) is 0.870. The van der Waals surface area contributed by atoms with E-state index in [1.54, 1.807) is 26.4 Å². The smallest absolute Gasteiger partial charge is 0.306 e. The molecule has 0 saturated carbocycles. The highest BCUT2D eigenvalue weighted by Gasteiger charge is 2.27. The monoisotopic (exact) mass is 426 g/mol. The number of methoxy groups -OCH3 is 4. The molecule has 8 heteroatoms. The Hall–Kier alpha value is -3.68. The van der Waals surface area contributed by atoms with Crippen LogP contribution in [0.3, 0.4) is 0 Å². The Bertz CT molecular complexity index is 1080. The lowest BCUT2D eigenvalue weighted by Crippen LogP contribution is -2.18. The first-order valence-electron chi connectivity index (χ1n) is 9.71. The average molecular weight is 426 g/mol. The number of hydrogen-bond acceptors (Lipinski definition) is 6. The third-order valence-corrected chi connectivity index (χ3v) is 5.19. The van der Waals surface area contributed by atoms with Crippen molar-refractivity contribution < 1.29 is 23.7 Å². The van der Waals surface area contributed by atoms with Crippen LogP contribution >= 0.6 is 0 Å². The van der Waals surface area contributed by atoms with E-state index < -0.39 is 11.9 Å². The lowest BCUT2D eigenvalue weighted by Gasteiger charge is -2.18. The van der Waals surface area contributed by atoms with Gasteiger partial charge in [-0.3, -0.25) is 14.7 Å². The van der Waals surface area contributed by atoms with Gasteiger partial charge in [0.25, 0.3) is 5.56 Å². The zero-order valence-corrected chi connectivity index (χ0v) is 18.0. The number of ether oxygens (including phenoxy) is 4. The van der Waals surface area contributed by atoms with Crippen molar-refractivity contribution >= 4 is 5.97 Å². The molecular formula is C23H26N2O6. The molecule has 0 unspecified atom stereocenters. The molecule has 0 aliphatic carbocycles. The fourth-order valence-electron chi connectivity index (χ4n) is 3.57. The van der Waals surface area contributed by atoms with E-state index in [1.165, 1.54) is 14.2 Å². The number of H-pyrrole nitrogens is 2. The molecular weight excluding hydrogens is 400 g/mol. The summed E-state index contributed by atoms with van der Waals surface area (Å²) in [6, 6.07) is 12.9. The van der Waals surface area contributed by atoms with Gasteiger partial charge >= 0.3 is 5.97 Å². The lowest BCUT2D eigenvalue weighted by atomic mass is 9.87. The number of esters is 1. The standard InChI is InChI=1S/C23H26N2O6/c1-28-16-8-5-14(6-9-16)11-18-22(23(27)25-24-18)17(13-21(26)31-4)15-7-10-19(29-2)20(12-15)30-3/h5-10,12,17H,11,13H2,1-4H3,(H2,24,25,27)/t17-/m1/s1. The maximum absolute atomic E-state index is 12.8. The van der Waals surface area contributed by atoms with Crippen molar-refractivity contribution in [2.75, 3.05) is 28.4 Å². The van der Waals surface area contributed by atoms with E-state index in [4.69, 9.17) is 18.9 Å². The molecule has 164 valence electrons. The van der Waals surface area contributed by atoms with E-state index in [9.17, 15) is 9.59 Å². The molecule has 8 nitrogen and oxygen atoms in total. The molecule has 0 saturated heterocycles. The van der Waals surface area contributed by atoms with Crippen LogP contribution in [0.4, 0.5) is 0 Å². The molecule has 0 radical (unpaired) electrons. The normalized spacial score (nSPS) is 11.6. The Morgan fingerprint density at radius 3 is 2.23 bits per heavy atom. The van der Waals surface area contributed by atoms with Crippen LogP contribution < -0.4 is 19.8 Å². The van der Waals surface area contributed by atoms with Crippen LogP contribution in [0.25, 0.3) is 0 Å². The van der Waals surface area contributed by atoms with Gasteiger partial charge in [-0.1, -0.05) is 18.2 Å². The van der Waals surface area contributed by atoms with Gasteiger partial charge in [0, 0.05) is 23.6 Å². The largest absolute Gasteiger partial charge is 0.497 e. The topological polar surface area (TPSA) is 103 Å². The maximum Gasteiger partial charge on any atom is 0.306 e. The molecule has 0 amide bonds. The van der Waals surface area contributed by atoms with Gasteiger partial charge in [0.15, 0.2) is 11.5 Å². The van der Waals surface area contributed by atoms with Crippen molar-refractivity contribution in [3.63, 3.8) is 0 Å². The molecule has 31 heavy (non-hydrogen) atoms. The van der Waals surface area contributed by atoms with Crippen LogP contribution in [-0.2, 0) is 16.0 Å².